The minimum Gasteiger partial charge on any atom is -0.444 e. The zero-order valence-electron chi connectivity index (χ0n) is 24.1. The molecule has 14 heteroatoms. The molecule has 1 aromatic rings. The molecule has 2 fully saturated rings. The maximum absolute atomic E-state index is 12.4. The van der Waals surface area contributed by atoms with Crippen LogP contribution in [0.1, 0.15) is 67.2 Å². The number of carbonyl (C=O) groups is 2. The quantitative estimate of drug-likeness (QED) is 0.473. The highest BCUT2D eigenvalue weighted by atomic mass is 35.7. The third-order valence-corrected chi connectivity index (χ3v) is 9.95. The first-order valence-corrected chi connectivity index (χ1v) is 17.1. The van der Waals surface area contributed by atoms with E-state index in [1.807, 2.05) is 26.8 Å². The number of amides is 2. The maximum Gasteiger partial charge on any atom is 0.410 e. The molecule has 40 heavy (non-hydrogen) atoms. The lowest BCUT2D eigenvalue weighted by molar-refractivity contribution is 0.0207. The number of nitrogens with zero attached hydrogens (tertiary/aromatic N) is 2. The van der Waals surface area contributed by atoms with Gasteiger partial charge in [0.25, 0.3) is 0 Å². The van der Waals surface area contributed by atoms with E-state index in [-0.39, 0.29) is 6.09 Å². The first-order valence-electron chi connectivity index (χ1n) is 13.2. The van der Waals surface area contributed by atoms with Gasteiger partial charge in [0.15, 0.2) is 0 Å². The van der Waals surface area contributed by atoms with Crippen LogP contribution in [-0.4, -0.2) is 86.7 Å². The molecule has 228 valence electrons. The van der Waals surface area contributed by atoms with Crippen LogP contribution in [-0.2, 0) is 28.5 Å². The largest absolute Gasteiger partial charge is 0.444 e. The number of carbonyl (C=O) groups excluding carboxylic acids is 2. The van der Waals surface area contributed by atoms with Gasteiger partial charge in [0.1, 0.15) is 11.2 Å². The van der Waals surface area contributed by atoms with Crippen molar-refractivity contribution in [2.24, 2.45) is 0 Å². The van der Waals surface area contributed by atoms with Gasteiger partial charge >= 0.3 is 12.2 Å². The van der Waals surface area contributed by atoms with Crippen LogP contribution < -0.4 is 4.72 Å². The number of hydrogen-bond acceptors (Lipinski definition) is 8. The molecule has 0 spiro atoms. The number of piperidine rings is 2. The first kappa shape index (κ1) is 34.0. The van der Waals surface area contributed by atoms with Crippen molar-refractivity contribution in [3.8, 4) is 0 Å². The standard InChI is InChI=1S/C16H24N2O4S.C10H18ClNO4S/c1-16(2,3)22-15(19)18-11-9-14(10-12-18)23(20,21)17-13-7-5-4-6-8-13;1-10(2,3)16-9(13)12-6-4-8(5-7-12)17(11,14)15/h4-8,14,17H,9-12H2,1-3H3;8H,4-7H2,1-3H3. The van der Waals surface area contributed by atoms with E-state index in [0.717, 1.165) is 0 Å². The van der Waals surface area contributed by atoms with Crippen molar-refractivity contribution in [3.05, 3.63) is 30.3 Å². The van der Waals surface area contributed by atoms with Gasteiger partial charge in [-0.05, 0) is 79.4 Å². The minimum absolute atomic E-state index is 0.366. The molecule has 0 atom stereocenters. The average Bonchev–Trinajstić information content (AvgIpc) is 2.82. The molecule has 0 bridgehead atoms. The number of benzene rings is 1. The van der Waals surface area contributed by atoms with Crippen molar-refractivity contribution in [2.75, 3.05) is 30.9 Å². The highest BCUT2D eigenvalue weighted by molar-refractivity contribution is 8.14. The van der Waals surface area contributed by atoms with Crippen LogP contribution in [0.5, 0.6) is 0 Å². The third-order valence-electron chi connectivity index (χ3n) is 6.06. The number of anilines is 1. The second-order valence-electron chi connectivity index (χ2n) is 11.8. The summed E-state index contributed by atoms with van der Waals surface area (Å²) >= 11 is 0. The summed E-state index contributed by atoms with van der Waals surface area (Å²) in [7, 11) is -1.68. The smallest absolute Gasteiger partial charge is 0.410 e. The predicted octanol–water partition coefficient (Wildman–Crippen LogP) is 4.78. The fourth-order valence-corrected chi connectivity index (χ4v) is 6.85. The molecular formula is C26H42ClN3O8S2. The van der Waals surface area contributed by atoms with Crippen LogP contribution >= 0.6 is 10.7 Å². The number of para-hydroxylation sites is 1. The average molecular weight is 624 g/mol. The van der Waals surface area contributed by atoms with Crippen LogP contribution in [0, 0.1) is 0 Å². The highest BCUT2D eigenvalue weighted by Crippen LogP contribution is 2.23. The Morgan fingerprint density at radius 3 is 1.48 bits per heavy atom. The van der Waals surface area contributed by atoms with E-state index < -0.39 is 46.9 Å². The lowest BCUT2D eigenvalue weighted by Crippen LogP contribution is -2.45. The van der Waals surface area contributed by atoms with Crippen LogP contribution in [0.25, 0.3) is 0 Å². The molecule has 2 aliphatic rings. The Bertz CT molecular complexity index is 1200. The fourth-order valence-electron chi connectivity index (χ4n) is 4.08. The lowest BCUT2D eigenvalue weighted by atomic mass is 10.1. The van der Waals surface area contributed by atoms with E-state index in [2.05, 4.69) is 4.72 Å². The van der Waals surface area contributed by atoms with E-state index in [9.17, 15) is 26.4 Å². The van der Waals surface area contributed by atoms with Crippen LogP contribution in [0.3, 0.4) is 0 Å². The molecule has 1 N–H and O–H groups in total. The normalized spacial score (nSPS) is 17.9. The molecule has 2 heterocycles. The third kappa shape index (κ3) is 11.7. The van der Waals surface area contributed by atoms with Gasteiger partial charge in [-0.1, -0.05) is 18.2 Å². The molecule has 2 amide bonds. The predicted molar refractivity (Wildman–Crippen MR) is 155 cm³/mol. The van der Waals surface area contributed by atoms with E-state index in [0.29, 0.717) is 57.5 Å². The second-order valence-corrected chi connectivity index (χ2v) is 16.7. The summed E-state index contributed by atoms with van der Waals surface area (Å²) < 4.78 is 60.2. The van der Waals surface area contributed by atoms with Crippen LogP contribution in [0.15, 0.2) is 30.3 Å². The second kappa shape index (κ2) is 13.6. The molecule has 3 rings (SSSR count). The van der Waals surface area contributed by atoms with Gasteiger partial charge in [-0.3, -0.25) is 4.72 Å². The van der Waals surface area contributed by atoms with Crippen molar-refractivity contribution in [3.63, 3.8) is 0 Å². The van der Waals surface area contributed by atoms with Gasteiger partial charge in [-0.15, -0.1) is 0 Å². The Morgan fingerprint density at radius 2 is 1.12 bits per heavy atom. The fraction of sp³-hybridized carbons (Fsp3) is 0.692. The summed E-state index contributed by atoms with van der Waals surface area (Å²) in [6.45, 7) is 12.3. The van der Waals surface area contributed by atoms with Crippen molar-refractivity contribution in [1.82, 2.24) is 9.80 Å². The zero-order chi connectivity index (χ0) is 30.4. The van der Waals surface area contributed by atoms with Crippen molar-refractivity contribution >= 4 is 47.6 Å². The number of rotatable bonds is 4. The van der Waals surface area contributed by atoms with Crippen molar-refractivity contribution < 1.29 is 35.9 Å². The summed E-state index contributed by atoms with van der Waals surface area (Å²) in [6.07, 6.45) is 0.756. The van der Waals surface area contributed by atoms with Gasteiger partial charge in [0, 0.05) is 42.5 Å². The first-order chi connectivity index (χ1) is 18.3. The van der Waals surface area contributed by atoms with Gasteiger partial charge in [0.2, 0.25) is 19.1 Å². The van der Waals surface area contributed by atoms with E-state index in [1.54, 1.807) is 49.9 Å². The SMILES string of the molecule is CC(C)(C)OC(=O)N1CCC(S(=O)(=O)Cl)CC1.CC(C)(C)OC(=O)N1CCC(S(=O)(=O)Nc2ccccc2)CC1. The van der Waals surface area contributed by atoms with Crippen LogP contribution in [0.4, 0.5) is 15.3 Å². The Hall–Kier alpha value is -2.25. The molecule has 0 aromatic heterocycles. The summed E-state index contributed by atoms with van der Waals surface area (Å²) in [6, 6.07) is 8.82. The van der Waals surface area contributed by atoms with Gasteiger partial charge in [-0.2, -0.15) is 0 Å². The summed E-state index contributed by atoms with van der Waals surface area (Å²) in [4.78, 5) is 26.8. The number of likely N-dealkylation sites (tertiary alicyclic amines) is 2. The Labute approximate surface area is 243 Å². The summed E-state index contributed by atoms with van der Waals surface area (Å²) in [5.74, 6) is 0. The monoisotopic (exact) mass is 623 g/mol. The lowest BCUT2D eigenvalue weighted by Gasteiger charge is -2.33. The van der Waals surface area contributed by atoms with Gasteiger partial charge in [-0.25, -0.2) is 26.4 Å². The number of ether oxygens (including phenoxy) is 2. The molecule has 1 aromatic carbocycles. The molecular weight excluding hydrogens is 582 g/mol. The Kier molecular flexibility index (Phi) is 11.6. The van der Waals surface area contributed by atoms with Crippen LogP contribution in [0.2, 0.25) is 0 Å². The molecule has 2 aliphatic heterocycles. The number of halogens is 1. The molecule has 0 saturated carbocycles. The van der Waals surface area contributed by atoms with E-state index in [1.165, 1.54) is 4.90 Å². The Morgan fingerprint density at radius 1 is 0.750 bits per heavy atom. The van der Waals surface area contributed by atoms with E-state index in [4.69, 9.17) is 20.2 Å². The number of hydrogen-bond donors (Lipinski definition) is 1. The van der Waals surface area contributed by atoms with Crippen molar-refractivity contribution in [2.45, 2.75) is 88.9 Å². The molecule has 2 saturated heterocycles. The topological polar surface area (TPSA) is 139 Å². The van der Waals surface area contributed by atoms with Crippen molar-refractivity contribution in [1.29, 1.82) is 0 Å². The number of sulfonamides is 1. The molecule has 0 aliphatic carbocycles. The zero-order valence-corrected chi connectivity index (χ0v) is 26.4. The molecule has 11 nitrogen and oxygen atoms in total. The van der Waals surface area contributed by atoms with Gasteiger partial charge in [0.05, 0.1) is 10.5 Å². The molecule has 0 unspecified atom stereocenters. The Balaban J connectivity index is 0.000000294. The summed E-state index contributed by atoms with van der Waals surface area (Å²) in [5, 5.41) is -1.05. The van der Waals surface area contributed by atoms with E-state index >= 15 is 0 Å². The molecule has 0 radical (unpaired) electrons. The van der Waals surface area contributed by atoms with Gasteiger partial charge < -0.3 is 19.3 Å². The summed E-state index contributed by atoms with van der Waals surface area (Å²) in [5.41, 5.74) is -0.525. The maximum atomic E-state index is 12.4. The highest BCUT2D eigenvalue weighted by Gasteiger charge is 2.34. The minimum atomic E-state index is -3.52. The number of nitrogens with one attached hydrogen (secondary N) is 1.